The lowest BCUT2D eigenvalue weighted by atomic mass is 10.0. The van der Waals surface area contributed by atoms with Gasteiger partial charge in [0.05, 0.1) is 12.3 Å². The van der Waals surface area contributed by atoms with Gasteiger partial charge >= 0.3 is 5.97 Å². The molecule has 1 saturated heterocycles. The van der Waals surface area contributed by atoms with Crippen molar-refractivity contribution in [3.63, 3.8) is 0 Å². The van der Waals surface area contributed by atoms with E-state index >= 15 is 0 Å². The van der Waals surface area contributed by atoms with E-state index in [4.69, 9.17) is 20.3 Å². The third-order valence-electron chi connectivity index (χ3n) is 4.41. The lowest BCUT2D eigenvalue weighted by Crippen LogP contribution is -3.00. The minimum Gasteiger partial charge on any atom is -1.00 e. The SMILES string of the molecule is CC(Cc1ccc(OCC(=O)O)cc1)N1CCOC(c2csc(N)n2)C1.[Cl-].[Cl-]. The molecular formula is C18H23Cl2N3O4S-2. The number of aromatic nitrogens is 1. The Labute approximate surface area is 180 Å². The van der Waals surface area contributed by atoms with Crippen molar-refractivity contribution in [2.45, 2.75) is 25.5 Å². The van der Waals surface area contributed by atoms with E-state index in [0.717, 1.165) is 25.2 Å². The van der Waals surface area contributed by atoms with Crippen LogP contribution in [0.4, 0.5) is 5.13 Å². The summed E-state index contributed by atoms with van der Waals surface area (Å²) >= 11 is 1.44. The predicted molar refractivity (Wildman–Crippen MR) is 99.5 cm³/mol. The fourth-order valence-electron chi connectivity index (χ4n) is 3.03. The molecule has 1 fully saturated rings. The summed E-state index contributed by atoms with van der Waals surface area (Å²) in [6, 6.07) is 7.93. The van der Waals surface area contributed by atoms with Crippen molar-refractivity contribution in [1.82, 2.24) is 9.88 Å². The number of morpholine rings is 1. The molecular weight excluding hydrogens is 425 g/mol. The quantitative estimate of drug-likeness (QED) is 0.449. The first-order chi connectivity index (χ1) is 12.5. The molecule has 0 saturated carbocycles. The fourth-order valence-corrected chi connectivity index (χ4v) is 3.64. The molecule has 1 aliphatic heterocycles. The van der Waals surface area contributed by atoms with E-state index in [0.29, 0.717) is 23.5 Å². The van der Waals surface area contributed by atoms with E-state index in [9.17, 15) is 4.79 Å². The van der Waals surface area contributed by atoms with Crippen molar-refractivity contribution < 1.29 is 44.2 Å². The van der Waals surface area contributed by atoms with Crippen LogP contribution in [0.2, 0.25) is 0 Å². The molecule has 0 bridgehead atoms. The van der Waals surface area contributed by atoms with Gasteiger partial charge in [-0.15, -0.1) is 11.3 Å². The van der Waals surface area contributed by atoms with Gasteiger partial charge in [-0.05, 0) is 31.0 Å². The molecule has 10 heteroatoms. The van der Waals surface area contributed by atoms with Gasteiger partial charge in [-0.1, -0.05) is 12.1 Å². The number of nitrogens with zero attached hydrogens (tertiary/aromatic N) is 2. The average Bonchev–Trinajstić information content (AvgIpc) is 3.07. The first kappa shape index (κ1) is 24.5. The molecule has 1 aromatic heterocycles. The standard InChI is InChI=1S/C18H23N3O4S.2ClH/c1-12(8-13-2-4-14(5-3-13)25-10-17(22)23)21-6-7-24-16(9-21)15-11-26-18(19)20-15;;/h2-5,11-12,16H,6-10H2,1H3,(H2,19,20)(H,22,23);2*1H/p-2. The molecule has 3 rings (SSSR count). The van der Waals surface area contributed by atoms with Crippen LogP contribution in [0.1, 0.15) is 24.3 Å². The highest BCUT2D eigenvalue weighted by molar-refractivity contribution is 7.13. The van der Waals surface area contributed by atoms with Crippen molar-refractivity contribution in [2.75, 3.05) is 32.0 Å². The van der Waals surface area contributed by atoms with Crippen LogP contribution < -0.4 is 35.3 Å². The van der Waals surface area contributed by atoms with E-state index in [1.807, 2.05) is 29.6 Å². The van der Waals surface area contributed by atoms with E-state index < -0.39 is 5.97 Å². The number of anilines is 1. The van der Waals surface area contributed by atoms with E-state index in [2.05, 4.69) is 16.8 Å². The molecule has 2 unspecified atom stereocenters. The monoisotopic (exact) mass is 447 g/mol. The Morgan fingerprint density at radius 3 is 2.75 bits per heavy atom. The van der Waals surface area contributed by atoms with Crippen LogP contribution in [0.3, 0.4) is 0 Å². The number of benzene rings is 1. The molecule has 1 aliphatic rings. The third-order valence-corrected chi connectivity index (χ3v) is 5.10. The number of carboxylic acid groups (broad SMARTS) is 1. The van der Waals surface area contributed by atoms with Gasteiger partial charge in [-0.25, -0.2) is 9.78 Å². The first-order valence-electron chi connectivity index (χ1n) is 8.51. The highest BCUT2D eigenvalue weighted by atomic mass is 35.5. The zero-order valence-corrected chi connectivity index (χ0v) is 17.7. The molecule has 0 spiro atoms. The second-order valence-electron chi connectivity index (χ2n) is 6.34. The zero-order chi connectivity index (χ0) is 18.5. The number of hydrogen-bond donors (Lipinski definition) is 2. The Morgan fingerprint density at radius 1 is 1.43 bits per heavy atom. The largest absolute Gasteiger partial charge is 1.00 e. The summed E-state index contributed by atoms with van der Waals surface area (Å²) in [6.45, 7) is 4.23. The second-order valence-corrected chi connectivity index (χ2v) is 7.23. The van der Waals surface area contributed by atoms with Gasteiger partial charge < -0.3 is 45.1 Å². The van der Waals surface area contributed by atoms with Crippen LogP contribution >= 0.6 is 11.3 Å². The van der Waals surface area contributed by atoms with Gasteiger partial charge in [0.1, 0.15) is 11.9 Å². The number of carbonyl (C=O) groups is 1. The highest BCUT2D eigenvalue weighted by Gasteiger charge is 2.26. The summed E-state index contributed by atoms with van der Waals surface area (Å²) in [4.78, 5) is 17.3. The Morgan fingerprint density at radius 2 is 2.14 bits per heavy atom. The van der Waals surface area contributed by atoms with Gasteiger partial charge in [-0.3, -0.25) is 4.90 Å². The van der Waals surface area contributed by atoms with Gasteiger partial charge in [0.15, 0.2) is 11.7 Å². The van der Waals surface area contributed by atoms with Crippen LogP contribution in [-0.2, 0) is 16.0 Å². The van der Waals surface area contributed by atoms with Gasteiger partial charge in [-0.2, -0.15) is 0 Å². The number of rotatable bonds is 7. The summed E-state index contributed by atoms with van der Waals surface area (Å²) in [5.74, 6) is -0.414. The molecule has 7 nitrogen and oxygen atoms in total. The lowest BCUT2D eigenvalue weighted by Gasteiger charge is -2.36. The zero-order valence-electron chi connectivity index (χ0n) is 15.4. The van der Waals surface area contributed by atoms with Gasteiger partial charge in [0.2, 0.25) is 0 Å². The number of nitrogen functional groups attached to an aromatic ring is 1. The minimum absolute atomic E-state index is 0. The number of aliphatic carboxylic acids is 1. The minimum atomic E-state index is -0.980. The summed E-state index contributed by atoms with van der Waals surface area (Å²) in [5.41, 5.74) is 7.82. The van der Waals surface area contributed by atoms with E-state index in [1.165, 1.54) is 16.9 Å². The molecule has 0 amide bonds. The average molecular weight is 448 g/mol. The first-order valence-corrected chi connectivity index (χ1v) is 9.39. The maximum Gasteiger partial charge on any atom is 0.341 e. The Bertz CT molecular complexity index is 745. The van der Waals surface area contributed by atoms with Crippen LogP contribution in [0, 0.1) is 0 Å². The fraction of sp³-hybridized carbons (Fsp3) is 0.444. The van der Waals surface area contributed by atoms with E-state index in [1.54, 1.807) is 0 Å². The summed E-state index contributed by atoms with van der Waals surface area (Å²) in [5, 5.41) is 11.2. The van der Waals surface area contributed by atoms with Crippen molar-refractivity contribution in [3.8, 4) is 5.75 Å². The summed E-state index contributed by atoms with van der Waals surface area (Å²) in [7, 11) is 0. The van der Waals surface area contributed by atoms with Crippen LogP contribution in [0.5, 0.6) is 5.75 Å². The molecule has 156 valence electrons. The molecule has 2 aromatic rings. The Kier molecular flexibility index (Phi) is 9.98. The lowest BCUT2D eigenvalue weighted by molar-refractivity contribution is -0.139. The Hall–Kier alpha value is -1.58. The number of carboxylic acids is 1. The second kappa shape index (κ2) is 11.4. The molecule has 3 N–H and O–H groups in total. The number of nitrogens with two attached hydrogens (primary N) is 1. The summed E-state index contributed by atoms with van der Waals surface area (Å²) in [6.07, 6.45) is 0.858. The van der Waals surface area contributed by atoms with Gasteiger partial charge in [0, 0.05) is 24.5 Å². The van der Waals surface area contributed by atoms with Crippen molar-refractivity contribution in [2.24, 2.45) is 0 Å². The molecule has 0 aliphatic carbocycles. The number of halogens is 2. The molecule has 28 heavy (non-hydrogen) atoms. The Balaban J connectivity index is 0.00000196. The maximum atomic E-state index is 10.5. The topological polar surface area (TPSA) is 97.9 Å². The number of hydrogen-bond acceptors (Lipinski definition) is 7. The molecule has 1 aromatic carbocycles. The smallest absolute Gasteiger partial charge is 0.341 e. The van der Waals surface area contributed by atoms with Crippen molar-refractivity contribution in [3.05, 3.63) is 40.9 Å². The normalized spacial score (nSPS) is 17.8. The number of ether oxygens (including phenoxy) is 2. The third kappa shape index (κ3) is 6.79. The van der Waals surface area contributed by atoms with Crippen LogP contribution in [-0.4, -0.2) is 53.3 Å². The summed E-state index contributed by atoms with van der Waals surface area (Å²) < 4.78 is 11.0. The van der Waals surface area contributed by atoms with Crippen molar-refractivity contribution in [1.29, 1.82) is 0 Å². The number of thiazole rings is 1. The van der Waals surface area contributed by atoms with Gasteiger partial charge in [0.25, 0.3) is 0 Å². The van der Waals surface area contributed by atoms with Crippen LogP contribution in [0.15, 0.2) is 29.6 Å². The molecule has 2 heterocycles. The predicted octanol–water partition coefficient (Wildman–Crippen LogP) is -3.80. The highest BCUT2D eigenvalue weighted by Crippen LogP contribution is 2.26. The van der Waals surface area contributed by atoms with E-state index in [-0.39, 0.29) is 37.5 Å². The molecule has 2 atom stereocenters. The molecule has 0 radical (unpaired) electrons. The maximum absolute atomic E-state index is 10.5. The van der Waals surface area contributed by atoms with Crippen molar-refractivity contribution >= 4 is 22.4 Å². The van der Waals surface area contributed by atoms with Crippen LogP contribution in [0.25, 0.3) is 0 Å².